The zero-order valence-corrected chi connectivity index (χ0v) is 17.5. The summed E-state index contributed by atoms with van der Waals surface area (Å²) in [6.07, 6.45) is 5.31. The molecule has 0 radical (unpaired) electrons. The highest BCUT2D eigenvalue weighted by Gasteiger charge is 2.30. The predicted octanol–water partition coefficient (Wildman–Crippen LogP) is 2.22. The van der Waals surface area contributed by atoms with Gasteiger partial charge in [0.25, 0.3) is 0 Å². The van der Waals surface area contributed by atoms with Gasteiger partial charge >= 0.3 is 0 Å². The maximum atomic E-state index is 12.3. The average Bonchev–Trinajstić information content (AvgIpc) is 2.72. The summed E-state index contributed by atoms with van der Waals surface area (Å²) in [6.45, 7) is 8.83. The maximum absolute atomic E-state index is 12.3. The highest BCUT2D eigenvalue weighted by Crippen LogP contribution is 2.24. The number of aryl methyl sites for hydroxylation is 1. The minimum atomic E-state index is 0.186. The highest BCUT2D eigenvalue weighted by atomic mass is 16.5. The summed E-state index contributed by atoms with van der Waals surface area (Å²) in [4.78, 5) is 22.1. The molecule has 6 nitrogen and oxygen atoms in total. The molecule has 1 aromatic heterocycles. The van der Waals surface area contributed by atoms with Crippen molar-refractivity contribution >= 4 is 5.91 Å². The Morgan fingerprint density at radius 1 is 1.18 bits per heavy atom. The number of aromatic nitrogens is 1. The molecule has 0 aromatic carbocycles. The number of pyridine rings is 1. The third-order valence-electron chi connectivity index (χ3n) is 6.13. The predicted molar refractivity (Wildman–Crippen MR) is 111 cm³/mol. The summed E-state index contributed by atoms with van der Waals surface area (Å²) in [5.41, 5.74) is 2.27. The second-order valence-corrected chi connectivity index (χ2v) is 8.23. The summed E-state index contributed by atoms with van der Waals surface area (Å²) in [6, 6.07) is 6.96. The lowest BCUT2D eigenvalue weighted by atomic mass is 9.92. The summed E-state index contributed by atoms with van der Waals surface area (Å²) < 4.78 is 5.03. The van der Waals surface area contributed by atoms with Crippen LogP contribution in [0.3, 0.4) is 0 Å². The Morgan fingerprint density at radius 3 is 2.61 bits per heavy atom. The summed E-state index contributed by atoms with van der Waals surface area (Å²) in [5.74, 6) is 0.419. The Bertz CT molecular complexity index is 608. The number of hydrogen-bond acceptors (Lipinski definition) is 5. The van der Waals surface area contributed by atoms with Crippen molar-refractivity contribution in [3.8, 4) is 0 Å². The zero-order valence-electron chi connectivity index (χ0n) is 17.5. The van der Waals surface area contributed by atoms with E-state index in [0.29, 0.717) is 12.6 Å². The molecule has 2 aliphatic heterocycles. The van der Waals surface area contributed by atoms with Crippen molar-refractivity contribution in [2.24, 2.45) is 5.92 Å². The molecule has 28 heavy (non-hydrogen) atoms. The number of rotatable bonds is 8. The number of ether oxygens (including phenoxy) is 1. The van der Waals surface area contributed by atoms with E-state index < -0.39 is 0 Å². The Kier molecular flexibility index (Phi) is 8.25. The van der Waals surface area contributed by atoms with Gasteiger partial charge in [-0.15, -0.1) is 0 Å². The number of hydrogen-bond donors (Lipinski definition) is 1. The van der Waals surface area contributed by atoms with Crippen molar-refractivity contribution in [3.63, 3.8) is 0 Å². The maximum Gasteiger partial charge on any atom is 0.223 e. The molecule has 0 atom stereocenters. The van der Waals surface area contributed by atoms with E-state index in [1.54, 1.807) is 7.11 Å². The van der Waals surface area contributed by atoms with Gasteiger partial charge in [-0.3, -0.25) is 14.7 Å². The first-order chi connectivity index (χ1) is 13.7. The van der Waals surface area contributed by atoms with Gasteiger partial charge in [0, 0.05) is 57.5 Å². The summed E-state index contributed by atoms with van der Waals surface area (Å²) in [7, 11) is 1.70. The number of nitrogens with one attached hydrogen (secondary N) is 1. The molecule has 0 unspecified atom stereocenters. The van der Waals surface area contributed by atoms with Crippen LogP contribution in [0.15, 0.2) is 18.2 Å². The van der Waals surface area contributed by atoms with E-state index in [1.807, 2.05) is 0 Å². The first-order valence-electron chi connectivity index (χ1n) is 10.8. The van der Waals surface area contributed by atoms with Crippen molar-refractivity contribution in [1.82, 2.24) is 20.1 Å². The van der Waals surface area contributed by atoms with Crippen molar-refractivity contribution in [3.05, 3.63) is 29.6 Å². The van der Waals surface area contributed by atoms with E-state index in [0.717, 1.165) is 64.2 Å². The second-order valence-electron chi connectivity index (χ2n) is 8.23. The fourth-order valence-corrected chi connectivity index (χ4v) is 4.46. The van der Waals surface area contributed by atoms with Crippen molar-refractivity contribution in [2.75, 3.05) is 46.4 Å². The first kappa shape index (κ1) is 21.2. The Morgan fingerprint density at radius 2 is 1.93 bits per heavy atom. The minimum Gasteiger partial charge on any atom is -0.385 e. The van der Waals surface area contributed by atoms with Gasteiger partial charge in [0.2, 0.25) is 5.91 Å². The lowest BCUT2D eigenvalue weighted by Gasteiger charge is -2.41. The van der Waals surface area contributed by atoms with Gasteiger partial charge in [0.05, 0.1) is 5.69 Å². The molecule has 3 rings (SSSR count). The van der Waals surface area contributed by atoms with E-state index in [9.17, 15) is 4.79 Å². The van der Waals surface area contributed by atoms with E-state index in [2.05, 4.69) is 45.2 Å². The van der Waals surface area contributed by atoms with Gasteiger partial charge in [0.15, 0.2) is 0 Å². The molecule has 3 heterocycles. The molecule has 2 fully saturated rings. The SMILES string of the molecule is COCCCNC(=O)C1CCN(C2CCN(Cc3cccc(C)n3)CC2)CC1. The van der Waals surface area contributed by atoms with E-state index in [-0.39, 0.29) is 11.8 Å². The van der Waals surface area contributed by atoms with Crippen molar-refractivity contribution in [1.29, 1.82) is 0 Å². The Balaban J connectivity index is 1.35. The van der Waals surface area contributed by atoms with E-state index in [4.69, 9.17) is 4.74 Å². The molecule has 1 N–H and O–H groups in total. The molecule has 1 amide bonds. The lowest BCUT2D eigenvalue weighted by molar-refractivity contribution is -0.126. The van der Waals surface area contributed by atoms with Crippen molar-refractivity contribution in [2.45, 2.75) is 51.6 Å². The summed E-state index contributed by atoms with van der Waals surface area (Å²) >= 11 is 0. The molecule has 2 aliphatic rings. The third-order valence-corrected chi connectivity index (χ3v) is 6.13. The van der Waals surface area contributed by atoms with Crippen LogP contribution in [0.2, 0.25) is 0 Å². The summed E-state index contributed by atoms with van der Waals surface area (Å²) in [5, 5.41) is 3.06. The van der Waals surface area contributed by atoms with Gasteiger partial charge in [-0.2, -0.15) is 0 Å². The number of carbonyl (C=O) groups is 1. The fourth-order valence-electron chi connectivity index (χ4n) is 4.46. The molecule has 0 spiro atoms. The van der Waals surface area contributed by atoms with Crippen LogP contribution in [-0.2, 0) is 16.1 Å². The van der Waals surface area contributed by atoms with E-state index in [1.165, 1.54) is 18.5 Å². The number of piperidine rings is 2. The molecule has 2 saturated heterocycles. The molecule has 1 aromatic rings. The van der Waals surface area contributed by atoms with Gasteiger partial charge in [-0.25, -0.2) is 0 Å². The molecule has 0 aliphatic carbocycles. The van der Waals surface area contributed by atoms with Crippen LogP contribution in [0.4, 0.5) is 0 Å². The number of methoxy groups -OCH3 is 1. The Hall–Kier alpha value is -1.50. The zero-order chi connectivity index (χ0) is 19.8. The second kappa shape index (κ2) is 10.9. The molecular weight excluding hydrogens is 352 g/mol. The fraction of sp³-hybridized carbons (Fsp3) is 0.727. The normalized spacial score (nSPS) is 20.4. The molecule has 6 heteroatoms. The number of amides is 1. The number of likely N-dealkylation sites (tertiary alicyclic amines) is 2. The standard InChI is InChI=1S/C22H36N4O2/c1-18-5-3-6-20(24-18)17-25-12-9-21(10-13-25)26-14-7-19(8-15-26)22(27)23-11-4-16-28-2/h3,5-6,19,21H,4,7-17H2,1-2H3,(H,23,27). The Labute approximate surface area is 169 Å². The van der Waals surface area contributed by atoms with Gasteiger partial charge < -0.3 is 15.0 Å². The first-order valence-corrected chi connectivity index (χ1v) is 10.8. The van der Waals surface area contributed by atoms with Gasteiger partial charge in [-0.1, -0.05) is 6.07 Å². The lowest BCUT2D eigenvalue weighted by Crippen LogP contribution is -2.49. The van der Waals surface area contributed by atoms with Crippen LogP contribution in [0.1, 0.15) is 43.5 Å². The van der Waals surface area contributed by atoms with Gasteiger partial charge in [-0.05, 0) is 64.3 Å². The quantitative estimate of drug-likeness (QED) is 0.692. The van der Waals surface area contributed by atoms with Crippen LogP contribution in [0.25, 0.3) is 0 Å². The monoisotopic (exact) mass is 388 g/mol. The minimum absolute atomic E-state index is 0.186. The van der Waals surface area contributed by atoms with Crippen molar-refractivity contribution < 1.29 is 9.53 Å². The van der Waals surface area contributed by atoms with Crippen LogP contribution < -0.4 is 5.32 Å². The van der Waals surface area contributed by atoms with Crippen LogP contribution in [0.5, 0.6) is 0 Å². The third kappa shape index (κ3) is 6.26. The average molecular weight is 389 g/mol. The largest absolute Gasteiger partial charge is 0.385 e. The topological polar surface area (TPSA) is 57.7 Å². The number of carbonyl (C=O) groups excluding carboxylic acids is 1. The molecule has 0 bridgehead atoms. The highest BCUT2D eigenvalue weighted by molar-refractivity contribution is 5.78. The van der Waals surface area contributed by atoms with Crippen LogP contribution >= 0.6 is 0 Å². The molecule has 0 saturated carbocycles. The van der Waals surface area contributed by atoms with Gasteiger partial charge in [0.1, 0.15) is 0 Å². The molecule has 156 valence electrons. The van der Waals surface area contributed by atoms with Crippen LogP contribution in [0, 0.1) is 12.8 Å². The molecular formula is C22H36N4O2. The van der Waals surface area contributed by atoms with E-state index >= 15 is 0 Å². The number of nitrogens with zero attached hydrogens (tertiary/aromatic N) is 3. The van der Waals surface area contributed by atoms with Crippen LogP contribution in [-0.4, -0.2) is 73.2 Å². The smallest absolute Gasteiger partial charge is 0.223 e.